The van der Waals surface area contributed by atoms with Gasteiger partial charge in [-0.2, -0.15) is 8.75 Å². The first-order chi connectivity index (χ1) is 26.6. The topological polar surface area (TPSA) is 51.6 Å². The summed E-state index contributed by atoms with van der Waals surface area (Å²) in [4.78, 5) is 12.6. The molecule has 280 valence electrons. The lowest BCUT2D eigenvalue weighted by Gasteiger charge is -2.15. The highest BCUT2D eigenvalue weighted by molar-refractivity contribution is 7.31. The Hall–Kier alpha value is -4.44. The molecule has 0 saturated heterocycles. The van der Waals surface area contributed by atoms with Crippen molar-refractivity contribution < 1.29 is 8.78 Å². The van der Waals surface area contributed by atoms with E-state index < -0.39 is 0 Å². The van der Waals surface area contributed by atoms with E-state index >= 15 is 8.78 Å². The number of aryl methyl sites for hydroxylation is 4. The number of thiophene rings is 2. The molecule has 0 atom stereocenters. The zero-order valence-corrected chi connectivity index (χ0v) is 34.5. The Balaban J connectivity index is 1.21. The molecule has 0 radical (unpaired) electrons. The molecule has 4 aromatic heterocycles. The predicted octanol–water partition coefficient (Wildman–Crippen LogP) is 14.2. The Labute approximate surface area is 333 Å². The van der Waals surface area contributed by atoms with Crippen LogP contribution in [0.3, 0.4) is 0 Å². The molecule has 0 spiro atoms. The SMILES string of the molecule is CCc1nc2c(-c3ccc(-c4ccc(CCC(C)C)cc4F)cc3)c3nsnc3c(-c3cc4sc(-c5ccc(CCC(C)C)cc5F)cc4s3)c2nc1CC. The van der Waals surface area contributed by atoms with Crippen LogP contribution in [0.25, 0.3) is 74.6 Å². The monoisotopic (exact) mass is 786 g/mol. The van der Waals surface area contributed by atoms with Crippen molar-refractivity contribution in [1.29, 1.82) is 0 Å². The standard InChI is InChI=1S/C46H44F2N4S3/c1-7-35-36(8-2)50-44-42(40-24-39-38(54-40)23-37(53-39)32-20-14-28(22-34(32)48)12-10-26(5)6)46-45(51-55-52-46)41(43(44)49-35)30-17-15-29(16-18-30)31-19-13-27(21-33(31)47)11-9-25(3)4/h13-26H,7-12H2,1-6H3. The average molecular weight is 787 g/mol. The average Bonchev–Trinajstić information content (AvgIpc) is 3.91. The van der Waals surface area contributed by atoms with Crippen molar-refractivity contribution in [2.24, 2.45) is 11.8 Å². The molecule has 4 nitrogen and oxygen atoms in total. The van der Waals surface area contributed by atoms with Crippen LogP contribution in [0.5, 0.6) is 0 Å². The van der Waals surface area contributed by atoms with E-state index in [4.69, 9.17) is 18.7 Å². The third-order valence-electron chi connectivity index (χ3n) is 10.4. The molecule has 0 fully saturated rings. The molecule has 0 bridgehead atoms. The van der Waals surface area contributed by atoms with Gasteiger partial charge in [0.1, 0.15) is 28.2 Å². The molecule has 8 rings (SSSR count). The van der Waals surface area contributed by atoms with Gasteiger partial charge in [-0.3, -0.25) is 0 Å². The lowest BCUT2D eigenvalue weighted by atomic mass is 9.94. The van der Waals surface area contributed by atoms with Crippen LogP contribution in [0, 0.1) is 23.5 Å². The third kappa shape index (κ3) is 7.34. The Morgan fingerprint density at radius 3 is 1.58 bits per heavy atom. The second-order valence-electron chi connectivity index (χ2n) is 15.3. The van der Waals surface area contributed by atoms with Crippen molar-refractivity contribution in [1.82, 2.24) is 18.7 Å². The highest BCUT2D eigenvalue weighted by Gasteiger charge is 2.25. The maximum absolute atomic E-state index is 15.4. The number of fused-ring (bicyclic) bond motifs is 3. The first kappa shape index (κ1) is 37.5. The van der Waals surface area contributed by atoms with Crippen LogP contribution in [0.4, 0.5) is 8.78 Å². The molecule has 4 aromatic carbocycles. The molecule has 0 aliphatic rings. The molecule has 8 aromatic rings. The van der Waals surface area contributed by atoms with Gasteiger partial charge in [-0.05, 0) is 96.9 Å². The van der Waals surface area contributed by atoms with Gasteiger partial charge in [-0.25, -0.2) is 18.7 Å². The molecular weight excluding hydrogens is 743 g/mol. The zero-order chi connectivity index (χ0) is 38.4. The molecule has 0 aliphatic heterocycles. The molecule has 0 N–H and O–H groups in total. The van der Waals surface area contributed by atoms with Crippen molar-refractivity contribution in [3.63, 3.8) is 0 Å². The predicted molar refractivity (Wildman–Crippen MR) is 231 cm³/mol. The van der Waals surface area contributed by atoms with Gasteiger partial charge in [0.25, 0.3) is 0 Å². The van der Waals surface area contributed by atoms with Gasteiger partial charge >= 0.3 is 0 Å². The fourth-order valence-electron chi connectivity index (χ4n) is 7.35. The lowest BCUT2D eigenvalue weighted by Crippen LogP contribution is -2.03. The van der Waals surface area contributed by atoms with Crippen LogP contribution >= 0.6 is 34.4 Å². The summed E-state index contributed by atoms with van der Waals surface area (Å²) >= 11 is 4.47. The number of nitrogens with zero attached hydrogens (tertiary/aromatic N) is 4. The summed E-state index contributed by atoms with van der Waals surface area (Å²) in [6, 6.07) is 23.6. The Morgan fingerprint density at radius 2 is 1.04 bits per heavy atom. The maximum Gasteiger partial charge on any atom is 0.132 e. The van der Waals surface area contributed by atoms with Gasteiger partial charge in [-0.15, -0.1) is 22.7 Å². The first-order valence-electron chi connectivity index (χ1n) is 19.3. The number of rotatable bonds is 12. The first-order valence-corrected chi connectivity index (χ1v) is 21.7. The number of benzene rings is 4. The number of hydrogen-bond acceptors (Lipinski definition) is 7. The van der Waals surface area contributed by atoms with E-state index in [1.54, 1.807) is 34.8 Å². The van der Waals surface area contributed by atoms with E-state index in [9.17, 15) is 0 Å². The minimum atomic E-state index is -0.205. The quantitative estimate of drug-likeness (QED) is 0.124. The second-order valence-corrected chi connectivity index (χ2v) is 17.9. The van der Waals surface area contributed by atoms with Crippen molar-refractivity contribution in [2.45, 2.75) is 80.1 Å². The van der Waals surface area contributed by atoms with E-state index in [1.807, 2.05) is 42.5 Å². The van der Waals surface area contributed by atoms with Gasteiger partial charge < -0.3 is 0 Å². The summed E-state index contributed by atoms with van der Waals surface area (Å²) in [7, 11) is 0. The Kier molecular flexibility index (Phi) is 10.6. The van der Waals surface area contributed by atoms with Crippen LogP contribution < -0.4 is 0 Å². The third-order valence-corrected chi connectivity index (χ3v) is 13.3. The van der Waals surface area contributed by atoms with Gasteiger partial charge in [0.05, 0.1) is 28.6 Å². The van der Waals surface area contributed by atoms with Crippen LogP contribution in [0.2, 0.25) is 0 Å². The van der Waals surface area contributed by atoms with Crippen molar-refractivity contribution >= 4 is 65.9 Å². The molecule has 0 aliphatic carbocycles. The van der Waals surface area contributed by atoms with Gasteiger partial charge in [0, 0.05) is 41.4 Å². The minimum absolute atomic E-state index is 0.172. The van der Waals surface area contributed by atoms with Crippen LogP contribution in [0.1, 0.15) is 76.9 Å². The summed E-state index contributed by atoms with van der Waals surface area (Å²) in [5.41, 5.74) is 11.9. The number of halogens is 2. The van der Waals surface area contributed by atoms with Gasteiger partial charge in [0.2, 0.25) is 0 Å². The lowest BCUT2D eigenvalue weighted by molar-refractivity contribution is 0.582. The van der Waals surface area contributed by atoms with Gasteiger partial charge in [-0.1, -0.05) is 90.1 Å². The van der Waals surface area contributed by atoms with E-state index in [0.717, 1.165) is 125 Å². The summed E-state index contributed by atoms with van der Waals surface area (Å²) in [5, 5.41) is 0. The number of hydrogen-bond donors (Lipinski definition) is 0. The normalized spacial score (nSPS) is 12.0. The highest BCUT2D eigenvalue weighted by atomic mass is 32.1. The molecule has 0 saturated carbocycles. The maximum atomic E-state index is 15.4. The van der Waals surface area contributed by atoms with E-state index in [-0.39, 0.29) is 11.6 Å². The van der Waals surface area contributed by atoms with Crippen LogP contribution in [0.15, 0.2) is 72.8 Å². The van der Waals surface area contributed by atoms with E-state index in [0.29, 0.717) is 23.0 Å². The molecule has 0 amide bonds. The number of aromatic nitrogens is 4. The van der Waals surface area contributed by atoms with Crippen LogP contribution in [-0.4, -0.2) is 18.7 Å². The summed E-state index contributed by atoms with van der Waals surface area (Å²) < 4.78 is 42.8. The molecule has 55 heavy (non-hydrogen) atoms. The fraction of sp³-hybridized carbons (Fsp3) is 0.304. The smallest absolute Gasteiger partial charge is 0.132 e. The second kappa shape index (κ2) is 15.6. The molecular formula is C46H44F2N4S3. The highest BCUT2D eigenvalue weighted by Crippen LogP contribution is 2.48. The fourth-order valence-corrected chi connectivity index (χ4v) is 10.4. The van der Waals surface area contributed by atoms with E-state index in [1.165, 1.54) is 11.7 Å². The Morgan fingerprint density at radius 1 is 0.545 bits per heavy atom. The largest absolute Gasteiger partial charge is 0.249 e. The summed E-state index contributed by atoms with van der Waals surface area (Å²) in [5.74, 6) is 0.774. The zero-order valence-electron chi connectivity index (χ0n) is 32.1. The molecule has 9 heteroatoms. The van der Waals surface area contributed by atoms with Crippen LogP contribution in [-0.2, 0) is 25.7 Å². The summed E-state index contributed by atoms with van der Waals surface area (Å²) in [6.45, 7) is 13.0. The van der Waals surface area contributed by atoms with Gasteiger partial charge in [0.15, 0.2) is 0 Å². The minimum Gasteiger partial charge on any atom is -0.249 e. The van der Waals surface area contributed by atoms with Crippen molar-refractivity contribution in [3.05, 3.63) is 107 Å². The molecule has 4 heterocycles. The van der Waals surface area contributed by atoms with Crippen molar-refractivity contribution in [2.75, 3.05) is 0 Å². The Bertz CT molecular complexity index is 2640. The molecule has 0 unspecified atom stereocenters. The van der Waals surface area contributed by atoms with E-state index in [2.05, 4.69) is 59.7 Å². The summed E-state index contributed by atoms with van der Waals surface area (Å²) in [6.07, 6.45) is 5.34. The van der Waals surface area contributed by atoms with Crippen molar-refractivity contribution in [3.8, 4) is 43.1 Å².